The third kappa shape index (κ3) is 4.81. The van der Waals surface area contributed by atoms with Crippen LogP contribution in [0.1, 0.15) is 45.9 Å². The fourth-order valence-electron chi connectivity index (χ4n) is 3.87. The number of halogens is 3. The number of thiazole rings is 1. The Morgan fingerprint density at radius 2 is 1.61 bits per heavy atom. The zero-order valence-corrected chi connectivity index (χ0v) is 20.2. The van der Waals surface area contributed by atoms with E-state index in [2.05, 4.69) is 61.1 Å². The Bertz CT molecular complexity index is 1300. The molecule has 4 rings (SSSR count). The summed E-state index contributed by atoms with van der Waals surface area (Å²) in [6.45, 7) is 9.01. The molecule has 0 N–H and O–H groups in total. The van der Waals surface area contributed by atoms with Crippen LogP contribution in [0.25, 0.3) is 32.6 Å². The summed E-state index contributed by atoms with van der Waals surface area (Å²) < 4.78 is 39.9. The molecule has 172 valence electrons. The molecule has 2 heterocycles. The fourth-order valence-corrected chi connectivity index (χ4v) is 4.69. The van der Waals surface area contributed by atoms with Gasteiger partial charge in [-0.15, -0.1) is 11.3 Å². The zero-order chi connectivity index (χ0) is 24.0. The first-order valence-electron chi connectivity index (χ1n) is 10.9. The SMILES string of the molecule is CC(C)(C)c1cc(-c2cc(-c3nc(CC(C)(C)C(F)(F)F)cs3)ccn2)cc2ccccc12. The van der Waals surface area contributed by atoms with E-state index in [1.54, 1.807) is 11.6 Å². The molecule has 0 aliphatic rings. The highest BCUT2D eigenvalue weighted by Gasteiger charge is 2.47. The minimum atomic E-state index is -4.28. The Morgan fingerprint density at radius 3 is 2.30 bits per heavy atom. The lowest BCUT2D eigenvalue weighted by Crippen LogP contribution is -2.34. The van der Waals surface area contributed by atoms with Crippen molar-refractivity contribution in [2.45, 2.75) is 52.6 Å². The number of hydrogen-bond donors (Lipinski definition) is 0. The van der Waals surface area contributed by atoms with Gasteiger partial charge in [-0.2, -0.15) is 13.2 Å². The highest BCUT2D eigenvalue weighted by atomic mass is 32.1. The highest BCUT2D eigenvalue weighted by molar-refractivity contribution is 7.13. The van der Waals surface area contributed by atoms with Crippen LogP contribution in [0.2, 0.25) is 0 Å². The van der Waals surface area contributed by atoms with Crippen molar-refractivity contribution >= 4 is 22.1 Å². The maximum Gasteiger partial charge on any atom is 0.394 e. The van der Waals surface area contributed by atoms with E-state index >= 15 is 0 Å². The van der Waals surface area contributed by atoms with Crippen LogP contribution in [0.5, 0.6) is 0 Å². The molecule has 2 aromatic heterocycles. The molecular formula is C27H27F3N2S. The van der Waals surface area contributed by atoms with Gasteiger partial charge in [-0.25, -0.2) is 4.98 Å². The maximum atomic E-state index is 13.3. The number of fused-ring (bicyclic) bond motifs is 1. The Morgan fingerprint density at radius 1 is 0.879 bits per heavy atom. The predicted molar refractivity (Wildman–Crippen MR) is 131 cm³/mol. The molecule has 0 fully saturated rings. The van der Waals surface area contributed by atoms with E-state index in [1.807, 2.05) is 18.2 Å². The first-order chi connectivity index (χ1) is 15.3. The van der Waals surface area contributed by atoms with Gasteiger partial charge in [0.15, 0.2) is 0 Å². The standard InChI is InChI=1S/C27H27F3N2S/c1-25(2,3)22-13-19(12-17-8-6-7-9-21(17)22)23-14-18(10-11-31-23)24-32-20(16-33-24)15-26(4,5)27(28,29)30/h6-14,16H,15H2,1-5H3. The number of aromatic nitrogens is 2. The maximum absolute atomic E-state index is 13.3. The molecule has 0 amide bonds. The Balaban J connectivity index is 1.72. The number of benzene rings is 2. The van der Waals surface area contributed by atoms with E-state index in [1.165, 1.54) is 36.1 Å². The summed E-state index contributed by atoms with van der Waals surface area (Å²) in [6.07, 6.45) is -2.69. The lowest BCUT2D eigenvalue weighted by Gasteiger charge is -2.26. The van der Waals surface area contributed by atoms with Gasteiger partial charge in [-0.05, 0) is 46.0 Å². The van der Waals surface area contributed by atoms with Gasteiger partial charge in [0.1, 0.15) is 5.01 Å². The van der Waals surface area contributed by atoms with Crippen molar-refractivity contribution in [2.24, 2.45) is 5.41 Å². The van der Waals surface area contributed by atoms with Gasteiger partial charge in [0, 0.05) is 29.1 Å². The number of nitrogens with zero attached hydrogens (tertiary/aromatic N) is 2. The van der Waals surface area contributed by atoms with Crippen molar-refractivity contribution in [2.75, 3.05) is 0 Å². The van der Waals surface area contributed by atoms with Crippen molar-refractivity contribution in [3.05, 3.63) is 71.4 Å². The highest BCUT2D eigenvalue weighted by Crippen LogP contribution is 2.41. The Hall–Kier alpha value is -2.73. The minimum Gasteiger partial charge on any atom is -0.256 e. The quantitative estimate of drug-likeness (QED) is 0.300. The van der Waals surface area contributed by atoms with Gasteiger partial charge in [-0.1, -0.05) is 58.9 Å². The van der Waals surface area contributed by atoms with E-state index in [-0.39, 0.29) is 11.8 Å². The summed E-state index contributed by atoms with van der Waals surface area (Å²) in [5.74, 6) is 0. The monoisotopic (exact) mass is 468 g/mol. The average Bonchev–Trinajstić information content (AvgIpc) is 3.19. The van der Waals surface area contributed by atoms with Crippen molar-refractivity contribution < 1.29 is 13.2 Å². The normalized spacial score (nSPS) is 13.0. The van der Waals surface area contributed by atoms with Crippen LogP contribution in [0.4, 0.5) is 13.2 Å². The number of alkyl halides is 3. The van der Waals surface area contributed by atoms with Crippen LogP contribution >= 0.6 is 11.3 Å². The third-order valence-electron chi connectivity index (χ3n) is 5.91. The lowest BCUT2D eigenvalue weighted by atomic mass is 9.82. The van der Waals surface area contributed by atoms with Gasteiger partial charge in [-0.3, -0.25) is 4.98 Å². The number of rotatable bonds is 4. The molecule has 2 nitrogen and oxygen atoms in total. The fraction of sp³-hybridized carbons (Fsp3) is 0.333. The van der Waals surface area contributed by atoms with Gasteiger partial charge in [0.25, 0.3) is 0 Å². The molecule has 0 radical (unpaired) electrons. The van der Waals surface area contributed by atoms with E-state index in [0.717, 1.165) is 22.2 Å². The third-order valence-corrected chi connectivity index (χ3v) is 6.85. The molecule has 0 saturated carbocycles. The van der Waals surface area contributed by atoms with Crippen LogP contribution in [-0.4, -0.2) is 16.1 Å². The second-order valence-corrected chi connectivity index (χ2v) is 11.0. The zero-order valence-electron chi connectivity index (χ0n) is 19.4. The molecule has 6 heteroatoms. The van der Waals surface area contributed by atoms with Crippen LogP contribution < -0.4 is 0 Å². The van der Waals surface area contributed by atoms with E-state index in [4.69, 9.17) is 0 Å². The van der Waals surface area contributed by atoms with Crippen LogP contribution in [0.3, 0.4) is 0 Å². The van der Waals surface area contributed by atoms with Gasteiger partial charge < -0.3 is 0 Å². The van der Waals surface area contributed by atoms with Crippen molar-refractivity contribution in [1.29, 1.82) is 0 Å². The summed E-state index contributed by atoms with van der Waals surface area (Å²) in [5.41, 5.74) is 2.52. The summed E-state index contributed by atoms with van der Waals surface area (Å²) >= 11 is 1.36. The Labute approximate surface area is 196 Å². The van der Waals surface area contributed by atoms with Gasteiger partial charge in [0.2, 0.25) is 0 Å². The first-order valence-corrected chi connectivity index (χ1v) is 11.7. The van der Waals surface area contributed by atoms with Crippen molar-refractivity contribution in [3.63, 3.8) is 0 Å². The second-order valence-electron chi connectivity index (χ2n) is 10.1. The van der Waals surface area contributed by atoms with Crippen molar-refractivity contribution in [1.82, 2.24) is 9.97 Å². The smallest absolute Gasteiger partial charge is 0.256 e. The molecule has 2 aromatic carbocycles. The van der Waals surface area contributed by atoms with Gasteiger partial charge in [0.05, 0.1) is 16.8 Å². The Kier molecular flexibility index (Phi) is 5.85. The van der Waals surface area contributed by atoms with E-state index in [9.17, 15) is 13.2 Å². The summed E-state index contributed by atoms with van der Waals surface area (Å²) in [4.78, 5) is 9.10. The molecule has 0 aliphatic heterocycles. The number of hydrogen-bond acceptors (Lipinski definition) is 3. The molecule has 0 atom stereocenters. The van der Waals surface area contributed by atoms with Crippen LogP contribution in [0, 0.1) is 5.41 Å². The first kappa shape index (κ1) is 23.4. The second kappa shape index (κ2) is 8.24. The van der Waals surface area contributed by atoms with Gasteiger partial charge >= 0.3 is 6.18 Å². The molecular weight excluding hydrogens is 441 g/mol. The van der Waals surface area contributed by atoms with E-state index in [0.29, 0.717) is 10.7 Å². The summed E-state index contributed by atoms with van der Waals surface area (Å²) in [7, 11) is 0. The average molecular weight is 469 g/mol. The lowest BCUT2D eigenvalue weighted by molar-refractivity contribution is -0.211. The largest absolute Gasteiger partial charge is 0.394 e. The molecule has 4 aromatic rings. The predicted octanol–water partition coefficient (Wildman–Crippen LogP) is 8.45. The topological polar surface area (TPSA) is 25.8 Å². The van der Waals surface area contributed by atoms with E-state index < -0.39 is 11.6 Å². The van der Waals surface area contributed by atoms with Crippen molar-refractivity contribution in [3.8, 4) is 21.8 Å². The number of pyridine rings is 1. The minimum absolute atomic E-state index is 0.0390. The molecule has 0 bridgehead atoms. The molecule has 0 spiro atoms. The molecule has 0 saturated heterocycles. The molecule has 33 heavy (non-hydrogen) atoms. The van der Waals surface area contributed by atoms with Crippen LogP contribution in [-0.2, 0) is 11.8 Å². The molecule has 0 unspecified atom stereocenters. The summed E-state index contributed by atoms with van der Waals surface area (Å²) in [5, 5.41) is 4.79. The molecule has 0 aliphatic carbocycles. The summed E-state index contributed by atoms with van der Waals surface area (Å²) in [6, 6.07) is 16.5. The van der Waals surface area contributed by atoms with Crippen LogP contribution in [0.15, 0.2) is 60.1 Å².